The molecule has 102 valence electrons. The third-order valence-corrected chi connectivity index (χ3v) is 3.64. The molecule has 0 amide bonds. The second-order valence-corrected chi connectivity index (χ2v) is 5.31. The van der Waals surface area contributed by atoms with Gasteiger partial charge < -0.3 is 9.42 Å². The summed E-state index contributed by atoms with van der Waals surface area (Å²) in [7, 11) is 4.33. The summed E-state index contributed by atoms with van der Waals surface area (Å²) in [5.41, 5.74) is 0. The summed E-state index contributed by atoms with van der Waals surface area (Å²) < 4.78 is 5.16. The maximum absolute atomic E-state index is 5.16. The highest BCUT2D eigenvalue weighted by Crippen LogP contribution is 2.15. The fraction of sp³-hybridized carbons (Fsp3) is 0.846. The Kier molecular flexibility index (Phi) is 4.72. The first-order chi connectivity index (χ1) is 8.69. The van der Waals surface area contributed by atoms with Crippen LogP contribution in [0.2, 0.25) is 0 Å². The molecule has 2 rings (SSSR count). The fourth-order valence-corrected chi connectivity index (χ4v) is 2.46. The maximum atomic E-state index is 5.16. The van der Waals surface area contributed by atoms with Crippen LogP contribution in [0.15, 0.2) is 4.52 Å². The van der Waals surface area contributed by atoms with E-state index in [1.165, 1.54) is 19.3 Å². The van der Waals surface area contributed by atoms with Crippen LogP contribution in [-0.2, 0) is 13.0 Å². The van der Waals surface area contributed by atoms with Gasteiger partial charge in [0.2, 0.25) is 5.89 Å². The molecule has 1 fully saturated rings. The maximum Gasteiger partial charge on any atom is 0.226 e. The Bertz CT molecular complexity index is 364. The summed E-state index contributed by atoms with van der Waals surface area (Å²) in [6.07, 6.45) is 4.68. The van der Waals surface area contributed by atoms with Crippen LogP contribution in [-0.4, -0.2) is 53.2 Å². The number of nitrogens with zero attached hydrogens (tertiary/aromatic N) is 4. The van der Waals surface area contributed by atoms with E-state index in [1.807, 2.05) is 6.92 Å². The van der Waals surface area contributed by atoms with Crippen LogP contribution in [0, 0.1) is 0 Å². The lowest BCUT2D eigenvalue weighted by Crippen LogP contribution is -2.38. The van der Waals surface area contributed by atoms with Gasteiger partial charge >= 0.3 is 0 Å². The fourth-order valence-electron chi connectivity index (χ4n) is 2.46. The molecule has 0 spiro atoms. The second kappa shape index (κ2) is 6.29. The van der Waals surface area contributed by atoms with Crippen LogP contribution < -0.4 is 0 Å². The Morgan fingerprint density at radius 2 is 2.22 bits per heavy atom. The monoisotopic (exact) mass is 252 g/mol. The average Bonchev–Trinajstić information content (AvgIpc) is 2.66. The lowest BCUT2D eigenvalue weighted by atomic mass is 10.1. The molecule has 5 heteroatoms. The summed E-state index contributed by atoms with van der Waals surface area (Å²) in [6.45, 7) is 5.09. The summed E-state index contributed by atoms with van der Waals surface area (Å²) in [5.74, 6) is 1.57. The van der Waals surface area contributed by atoms with E-state index < -0.39 is 0 Å². The Labute approximate surface area is 109 Å². The standard InChI is InChI=1S/C13H24N4O/c1-4-13-14-12(15-18-13)10-17-8-6-5-7-11(9-17)16(2)3/h11H,4-10H2,1-3H3. The highest BCUT2D eigenvalue weighted by Gasteiger charge is 2.21. The van der Waals surface area contributed by atoms with E-state index in [1.54, 1.807) is 0 Å². The van der Waals surface area contributed by atoms with Crippen molar-refractivity contribution in [3.8, 4) is 0 Å². The highest BCUT2D eigenvalue weighted by atomic mass is 16.5. The van der Waals surface area contributed by atoms with Gasteiger partial charge in [-0.2, -0.15) is 4.98 Å². The van der Waals surface area contributed by atoms with Gasteiger partial charge in [0.25, 0.3) is 0 Å². The van der Waals surface area contributed by atoms with Crippen molar-refractivity contribution in [2.24, 2.45) is 0 Å². The topological polar surface area (TPSA) is 45.4 Å². The minimum absolute atomic E-state index is 0.644. The quantitative estimate of drug-likeness (QED) is 0.813. The van der Waals surface area contributed by atoms with E-state index in [-0.39, 0.29) is 0 Å². The van der Waals surface area contributed by atoms with Crippen LogP contribution in [0.1, 0.15) is 37.9 Å². The van der Waals surface area contributed by atoms with Crippen LogP contribution in [0.4, 0.5) is 0 Å². The SMILES string of the molecule is CCc1nc(CN2CCCCC(N(C)C)C2)no1. The van der Waals surface area contributed by atoms with Gasteiger partial charge in [-0.3, -0.25) is 4.90 Å². The van der Waals surface area contributed by atoms with E-state index in [0.29, 0.717) is 6.04 Å². The molecule has 2 heterocycles. The van der Waals surface area contributed by atoms with E-state index in [0.717, 1.165) is 37.8 Å². The molecular formula is C13H24N4O. The number of likely N-dealkylation sites (tertiary alicyclic amines) is 1. The summed E-state index contributed by atoms with van der Waals surface area (Å²) in [4.78, 5) is 9.16. The zero-order chi connectivity index (χ0) is 13.0. The van der Waals surface area contributed by atoms with Crippen molar-refractivity contribution in [1.82, 2.24) is 19.9 Å². The van der Waals surface area contributed by atoms with Crippen LogP contribution >= 0.6 is 0 Å². The predicted molar refractivity (Wildman–Crippen MR) is 70.3 cm³/mol. The number of likely N-dealkylation sites (N-methyl/N-ethyl adjacent to an activating group) is 1. The molecule has 0 aliphatic carbocycles. The van der Waals surface area contributed by atoms with Gasteiger partial charge in [0.05, 0.1) is 6.54 Å². The van der Waals surface area contributed by atoms with Crippen molar-refractivity contribution < 1.29 is 4.52 Å². The molecule has 0 radical (unpaired) electrons. The molecular weight excluding hydrogens is 228 g/mol. The molecule has 18 heavy (non-hydrogen) atoms. The highest BCUT2D eigenvalue weighted by molar-refractivity contribution is 4.87. The lowest BCUT2D eigenvalue weighted by Gasteiger charge is -2.27. The second-order valence-electron chi connectivity index (χ2n) is 5.31. The molecule has 0 N–H and O–H groups in total. The summed E-state index contributed by atoms with van der Waals surface area (Å²) >= 11 is 0. The van der Waals surface area contributed by atoms with E-state index >= 15 is 0 Å². The summed E-state index contributed by atoms with van der Waals surface area (Å²) in [5, 5.41) is 4.04. The van der Waals surface area contributed by atoms with Crippen molar-refractivity contribution in [3.05, 3.63) is 11.7 Å². The minimum Gasteiger partial charge on any atom is -0.339 e. The van der Waals surface area contributed by atoms with Gasteiger partial charge in [-0.05, 0) is 33.5 Å². The van der Waals surface area contributed by atoms with Crippen molar-refractivity contribution in [2.75, 3.05) is 27.2 Å². The van der Waals surface area contributed by atoms with Crippen molar-refractivity contribution >= 4 is 0 Å². The van der Waals surface area contributed by atoms with Crippen molar-refractivity contribution in [3.63, 3.8) is 0 Å². The Hall–Kier alpha value is -0.940. The molecule has 1 aliphatic heterocycles. The van der Waals surface area contributed by atoms with E-state index in [9.17, 15) is 0 Å². The molecule has 0 saturated carbocycles. The normalized spacial score (nSPS) is 22.3. The summed E-state index contributed by atoms with van der Waals surface area (Å²) in [6, 6.07) is 0.644. The Morgan fingerprint density at radius 1 is 1.39 bits per heavy atom. The molecule has 1 aromatic rings. The lowest BCUT2D eigenvalue weighted by molar-refractivity contribution is 0.187. The molecule has 0 aromatic carbocycles. The number of hydrogen-bond acceptors (Lipinski definition) is 5. The Balaban J connectivity index is 1.94. The first kappa shape index (κ1) is 13.5. The number of rotatable bonds is 4. The van der Waals surface area contributed by atoms with Gasteiger partial charge in [0, 0.05) is 19.0 Å². The van der Waals surface area contributed by atoms with E-state index in [2.05, 4.69) is 34.0 Å². The average molecular weight is 252 g/mol. The predicted octanol–water partition coefficient (Wildman–Crippen LogP) is 1.55. The number of hydrogen-bond donors (Lipinski definition) is 0. The van der Waals surface area contributed by atoms with E-state index in [4.69, 9.17) is 4.52 Å². The van der Waals surface area contributed by atoms with Gasteiger partial charge in [-0.25, -0.2) is 0 Å². The minimum atomic E-state index is 0.644. The molecule has 1 unspecified atom stereocenters. The van der Waals surface area contributed by atoms with Crippen LogP contribution in [0.5, 0.6) is 0 Å². The smallest absolute Gasteiger partial charge is 0.226 e. The largest absolute Gasteiger partial charge is 0.339 e. The van der Waals surface area contributed by atoms with Gasteiger partial charge in [-0.1, -0.05) is 18.5 Å². The van der Waals surface area contributed by atoms with Crippen molar-refractivity contribution in [1.29, 1.82) is 0 Å². The van der Waals surface area contributed by atoms with Crippen molar-refractivity contribution in [2.45, 2.75) is 45.2 Å². The molecule has 1 aliphatic rings. The first-order valence-corrected chi connectivity index (χ1v) is 6.89. The third-order valence-electron chi connectivity index (χ3n) is 3.64. The first-order valence-electron chi connectivity index (χ1n) is 6.89. The Morgan fingerprint density at radius 3 is 2.89 bits per heavy atom. The molecule has 0 bridgehead atoms. The van der Waals surface area contributed by atoms with Gasteiger partial charge in [0.1, 0.15) is 0 Å². The zero-order valence-corrected chi connectivity index (χ0v) is 11.7. The van der Waals surface area contributed by atoms with Gasteiger partial charge in [0.15, 0.2) is 5.82 Å². The molecule has 1 aromatic heterocycles. The number of aromatic nitrogens is 2. The van der Waals surface area contributed by atoms with Crippen LogP contribution in [0.25, 0.3) is 0 Å². The molecule has 5 nitrogen and oxygen atoms in total. The van der Waals surface area contributed by atoms with Crippen LogP contribution in [0.3, 0.4) is 0 Å². The third kappa shape index (κ3) is 3.53. The zero-order valence-electron chi connectivity index (χ0n) is 11.7. The van der Waals surface area contributed by atoms with Gasteiger partial charge in [-0.15, -0.1) is 0 Å². The molecule has 1 saturated heterocycles. The number of aryl methyl sites for hydroxylation is 1. The molecule has 1 atom stereocenters.